The van der Waals surface area contributed by atoms with Gasteiger partial charge in [-0.15, -0.1) is 0 Å². The average Bonchev–Trinajstić information content (AvgIpc) is 2.45. The molecule has 1 heteroatoms. The van der Waals surface area contributed by atoms with Gasteiger partial charge < -0.3 is 5.11 Å². The largest absolute Gasteiger partial charge is 0.393 e. The number of fused-ring (bicyclic) bond motifs is 1. The van der Waals surface area contributed by atoms with Crippen molar-refractivity contribution in [1.29, 1.82) is 0 Å². The minimum atomic E-state index is 0.0353. The highest BCUT2D eigenvalue weighted by Gasteiger charge is 2.51. The normalized spacial score (nSPS) is 46.0. The zero-order chi connectivity index (χ0) is 11.0. The zero-order valence-electron chi connectivity index (χ0n) is 10.4. The second-order valence-electron chi connectivity index (χ2n) is 6.11. The van der Waals surface area contributed by atoms with Crippen molar-refractivity contribution in [2.24, 2.45) is 29.6 Å². The summed E-state index contributed by atoms with van der Waals surface area (Å²) in [5, 5.41) is 9.93. The molecule has 0 heterocycles. The summed E-state index contributed by atoms with van der Waals surface area (Å²) in [5.41, 5.74) is 0. The highest BCUT2D eigenvalue weighted by atomic mass is 16.3. The fraction of sp³-hybridized carbons (Fsp3) is 1.00. The van der Waals surface area contributed by atoms with Crippen LogP contribution in [-0.4, -0.2) is 11.2 Å². The predicted molar refractivity (Wildman–Crippen MR) is 63.6 cm³/mol. The molecule has 6 atom stereocenters. The highest BCUT2D eigenvalue weighted by molar-refractivity contribution is 5.00. The van der Waals surface area contributed by atoms with E-state index < -0.39 is 0 Å². The molecular weight excluding hydrogens is 184 g/mol. The summed E-state index contributed by atoms with van der Waals surface area (Å²) in [7, 11) is 0. The van der Waals surface area contributed by atoms with Crippen LogP contribution in [0, 0.1) is 29.6 Å². The number of aliphatic hydroxyl groups excluding tert-OH is 1. The van der Waals surface area contributed by atoms with Crippen LogP contribution < -0.4 is 0 Å². The lowest BCUT2D eigenvalue weighted by Gasteiger charge is -2.42. The Hall–Kier alpha value is -0.0400. The number of hydrogen-bond acceptors (Lipinski definition) is 1. The van der Waals surface area contributed by atoms with Gasteiger partial charge >= 0.3 is 0 Å². The summed E-state index contributed by atoms with van der Waals surface area (Å²) in [6.45, 7) is 7.01. The Morgan fingerprint density at radius 2 is 2.07 bits per heavy atom. The van der Waals surface area contributed by atoms with E-state index in [0.29, 0.717) is 5.92 Å². The molecule has 2 fully saturated rings. The standard InChI is InChI=1S/C14H26O/c1-4-9(2)5-6-11-8-13(15)12-7-10(3)14(11)12/h9-15H,4-8H2,1-3H3. The Bertz CT molecular complexity index is 213. The van der Waals surface area contributed by atoms with Gasteiger partial charge in [0.15, 0.2) is 0 Å². The molecule has 0 aromatic rings. The molecule has 0 amide bonds. The summed E-state index contributed by atoms with van der Waals surface area (Å²) < 4.78 is 0. The van der Waals surface area contributed by atoms with Crippen molar-refractivity contribution in [3.05, 3.63) is 0 Å². The van der Waals surface area contributed by atoms with E-state index in [1.54, 1.807) is 0 Å². The third kappa shape index (κ3) is 2.08. The van der Waals surface area contributed by atoms with Crippen LogP contribution in [0.25, 0.3) is 0 Å². The molecule has 0 aliphatic heterocycles. The summed E-state index contributed by atoms with van der Waals surface area (Å²) in [6, 6.07) is 0. The molecule has 6 unspecified atom stereocenters. The van der Waals surface area contributed by atoms with Gasteiger partial charge in [-0.05, 0) is 48.9 Å². The van der Waals surface area contributed by atoms with Gasteiger partial charge in [0.25, 0.3) is 0 Å². The number of hydrogen-bond donors (Lipinski definition) is 1. The van der Waals surface area contributed by atoms with Gasteiger partial charge in [0, 0.05) is 0 Å². The van der Waals surface area contributed by atoms with Crippen molar-refractivity contribution in [1.82, 2.24) is 0 Å². The molecule has 0 bridgehead atoms. The number of aliphatic hydroxyl groups is 1. The van der Waals surface area contributed by atoms with Gasteiger partial charge in [-0.25, -0.2) is 0 Å². The monoisotopic (exact) mass is 210 g/mol. The first-order valence-electron chi connectivity index (χ1n) is 6.81. The van der Waals surface area contributed by atoms with Gasteiger partial charge in [-0.3, -0.25) is 0 Å². The molecule has 0 aromatic carbocycles. The van der Waals surface area contributed by atoms with Crippen molar-refractivity contribution >= 4 is 0 Å². The fourth-order valence-electron chi connectivity index (χ4n) is 3.85. The first-order valence-corrected chi connectivity index (χ1v) is 6.81. The van der Waals surface area contributed by atoms with Gasteiger partial charge in [0.2, 0.25) is 0 Å². The van der Waals surface area contributed by atoms with Gasteiger partial charge in [-0.2, -0.15) is 0 Å². The van der Waals surface area contributed by atoms with Crippen LogP contribution in [-0.2, 0) is 0 Å². The predicted octanol–water partition coefficient (Wildman–Crippen LogP) is 3.47. The lowest BCUT2D eigenvalue weighted by atomic mass is 9.63. The second-order valence-corrected chi connectivity index (χ2v) is 6.11. The Morgan fingerprint density at radius 1 is 1.33 bits per heavy atom. The molecule has 15 heavy (non-hydrogen) atoms. The lowest BCUT2D eigenvalue weighted by Crippen LogP contribution is -2.38. The molecular formula is C14H26O. The Kier molecular flexibility index (Phi) is 3.39. The summed E-state index contributed by atoms with van der Waals surface area (Å²) >= 11 is 0. The molecule has 0 spiro atoms. The molecule has 2 saturated carbocycles. The third-order valence-corrected chi connectivity index (χ3v) is 5.11. The summed E-state index contributed by atoms with van der Waals surface area (Å²) in [4.78, 5) is 0. The average molecular weight is 210 g/mol. The molecule has 2 aliphatic rings. The van der Waals surface area contributed by atoms with Crippen molar-refractivity contribution in [2.75, 3.05) is 0 Å². The van der Waals surface area contributed by atoms with Gasteiger partial charge in [0.1, 0.15) is 0 Å². The molecule has 1 N–H and O–H groups in total. The first-order chi connectivity index (χ1) is 7.13. The van der Waals surface area contributed by atoms with E-state index in [4.69, 9.17) is 0 Å². The van der Waals surface area contributed by atoms with E-state index >= 15 is 0 Å². The summed E-state index contributed by atoms with van der Waals surface area (Å²) in [6.07, 6.45) is 6.44. The van der Waals surface area contributed by atoms with Crippen LogP contribution in [0.1, 0.15) is 52.9 Å². The molecule has 88 valence electrons. The van der Waals surface area contributed by atoms with Crippen molar-refractivity contribution in [3.63, 3.8) is 0 Å². The molecule has 0 aromatic heterocycles. The van der Waals surface area contributed by atoms with Crippen LogP contribution in [0.3, 0.4) is 0 Å². The van der Waals surface area contributed by atoms with Crippen LogP contribution >= 0.6 is 0 Å². The smallest absolute Gasteiger partial charge is 0.0574 e. The maximum atomic E-state index is 9.93. The van der Waals surface area contributed by atoms with E-state index in [1.165, 1.54) is 25.7 Å². The van der Waals surface area contributed by atoms with Crippen molar-refractivity contribution in [2.45, 2.75) is 59.0 Å². The van der Waals surface area contributed by atoms with Gasteiger partial charge in [0.05, 0.1) is 6.10 Å². The second kappa shape index (κ2) is 4.45. The van der Waals surface area contributed by atoms with Crippen LogP contribution in [0.5, 0.6) is 0 Å². The fourth-order valence-corrected chi connectivity index (χ4v) is 3.85. The number of rotatable bonds is 4. The van der Waals surface area contributed by atoms with Crippen molar-refractivity contribution < 1.29 is 5.11 Å². The Morgan fingerprint density at radius 3 is 2.67 bits per heavy atom. The maximum absolute atomic E-state index is 9.93. The van der Waals surface area contributed by atoms with E-state index in [2.05, 4.69) is 20.8 Å². The SMILES string of the molecule is CCC(C)CCC1CC(O)C2CC(C)C12. The Balaban J connectivity index is 1.83. The van der Waals surface area contributed by atoms with Crippen LogP contribution in [0.4, 0.5) is 0 Å². The van der Waals surface area contributed by atoms with E-state index in [9.17, 15) is 5.11 Å². The molecule has 0 radical (unpaired) electrons. The highest BCUT2D eigenvalue weighted by Crippen LogP contribution is 2.55. The lowest BCUT2D eigenvalue weighted by molar-refractivity contribution is 0.0143. The summed E-state index contributed by atoms with van der Waals surface area (Å²) in [5.74, 6) is 4.12. The zero-order valence-corrected chi connectivity index (χ0v) is 10.4. The topological polar surface area (TPSA) is 20.2 Å². The molecule has 2 rings (SSSR count). The van der Waals surface area contributed by atoms with Crippen molar-refractivity contribution in [3.8, 4) is 0 Å². The van der Waals surface area contributed by atoms with E-state index in [-0.39, 0.29) is 6.10 Å². The molecule has 0 saturated heterocycles. The quantitative estimate of drug-likeness (QED) is 0.753. The molecule has 2 aliphatic carbocycles. The molecule has 1 nitrogen and oxygen atoms in total. The minimum absolute atomic E-state index is 0.0353. The first kappa shape index (κ1) is 11.4. The van der Waals surface area contributed by atoms with E-state index in [1.807, 2.05) is 0 Å². The van der Waals surface area contributed by atoms with Gasteiger partial charge in [-0.1, -0.05) is 33.6 Å². The Labute approximate surface area is 94.3 Å². The third-order valence-electron chi connectivity index (χ3n) is 5.11. The van der Waals surface area contributed by atoms with E-state index in [0.717, 1.165) is 30.1 Å². The van der Waals surface area contributed by atoms with Crippen LogP contribution in [0.15, 0.2) is 0 Å². The maximum Gasteiger partial charge on any atom is 0.0574 e. The minimum Gasteiger partial charge on any atom is -0.393 e. The van der Waals surface area contributed by atoms with Crippen LogP contribution in [0.2, 0.25) is 0 Å².